The molecule has 1 aromatic carbocycles. The summed E-state index contributed by atoms with van der Waals surface area (Å²) in [5.41, 5.74) is 2.18. The van der Waals surface area contributed by atoms with E-state index in [0.29, 0.717) is 18.8 Å². The first-order chi connectivity index (χ1) is 12.9. The summed E-state index contributed by atoms with van der Waals surface area (Å²) in [7, 11) is 0. The van der Waals surface area contributed by atoms with Gasteiger partial charge in [0.1, 0.15) is 0 Å². The molecular formula is C20H27N3O4. The van der Waals surface area contributed by atoms with Crippen LogP contribution in [0.15, 0.2) is 23.4 Å². The van der Waals surface area contributed by atoms with E-state index in [-0.39, 0.29) is 18.2 Å². The van der Waals surface area contributed by atoms with Gasteiger partial charge in [-0.25, -0.2) is 0 Å². The maximum atomic E-state index is 12.4. The van der Waals surface area contributed by atoms with Crippen LogP contribution >= 0.6 is 0 Å². The van der Waals surface area contributed by atoms with Crippen molar-refractivity contribution in [3.8, 4) is 0 Å². The van der Waals surface area contributed by atoms with Crippen LogP contribution in [-0.2, 0) is 19.2 Å². The molecular weight excluding hydrogens is 346 g/mol. The molecule has 1 fully saturated rings. The van der Waals surface area contributed by atoms with E-state index >= 15 is 0 Å². The first-order valence-electron chi connectivity index (χ1n) is 9.25. The normalized spacial score (nSPS) is 15.1. The van der Waals surface area contributed by atoms with Crippen LogP contribution in [0.5, 0.6) is 0 Å². The Morgan fingerprint density at radius 2 is 1.78 bits per heavy atom. The molecule has 0 spiro atoms. The van der Waals surface area contributed by atoms with E-state index < -0.39 is 11.7 Å². The van der Waals surface area contributed by atoms with E-state index in [2.05, 4.69) is 10.5 Å². The predicted octanol–water partition coefficient (Wildman–Crippen LogP) is 2.61. The molecule has 0 saturated carbocycles. The van der Waals surface area contributed by atoms with Crippen LogP contribution in [0.1, 0.15) is 43.7 Å². The summed E-state index contributed by atoms with van der Waals surface area (Å²) >= 11 is 0. The second-order valence-electron chi connectivity index (χ2n) is 6.84. The van der Waals surface area contributed by atoms with Gasteiger partial charge in [-0.1, -0.05) is 35.7 Å². The molecule has 7 heteroatoms. The third-order valence-electron chi connectivity index (χ3n) is 4.48. The monoisotopic (exact) mass is 373 g/mol. The van der Waals surface area contributed by atoms with E-state index in [4.69, 9.17) is 4.84 Å². The largest absolute Gasteiger partial charge is 0.385 e. The molecule has 2 amide bonds. The Kier molecular flexibility index (Phi) is 7.52. The minimum atomic E-state index is -0.656. The standard InChI is InChI=1S/C20H27N3O4/c1-14-8-9-17(15(2)12-14)21-20(26)19(16(3)24)22-27-13-18(25)23-10-6-4-5-7-11-23/h8-9,12H,4-7,10-11,13H2,1-3H3,(H,21,26)/b22-19-. The fraction of sp³-hybridized carbons (Fsp3) is 0.500. The van der Waals surface area contributed by atoms with Crippen molar-refractivity contribution in [1.29, 1.82) is 0 Å². The average molecular weight is 373 g/mol. The highest BCUT2D eigenvalue weighted by atomic mass is 16.6. The smallest absolute Gasteiger partial charge is 0.281 e. The topological polar surface area (TPSA) is 88.1 Å². The molecule has 0 radical (unpaired) electrons. The second-order valence-corrected chi connectivity index (χ2v) is 6.84. The molecule has 1 heterocycles. The molecule has 1 aromatic rings. The van der Waals surface area contributed by atoms with Gasteiger partial charge >= 0.3 is 0 Å². The highest BCUT2D eigenvalue weighted by molar-refractivity contribution is 6.67. The number of rotatable bonds is 6. The predicted molar refractivity (Wildman–Crippen MR) is 104 cm³/mol. The Labute approximate surface area is 159 Å². The van der Waals surface area contributed by atoms with Gasteiger partial charge in [0.2, 0.25) is 5.71 Å². The Morgan fingerprint density at radius 1 is 1.11 bits per heavy atom. The van der Waals surface area contributed by atoms with Crippen LogP contribution in [0.4, 0.5) is 5.69 Å². The fourth-order valence-electron chi connectivity index (χ4n) is 2.96. The number of likely N-dealkylation sites (tertiary alicyclic amines) is 1. The van der Waals surface area contributed by atoms with Crippen LogP contribution in [0, 0.1) is 13.8 Å². The van der Waals surface area contributed by atoms with Crippen molar-refractivity contribution in [2.45, 2.75) is 46.5 Å². The summed E-state index contributed by atoms with van der Waals surface area (Å²) in [6, 6.07) is 5.56. The average Bonchev–Trinajstić information content (AvgIpc) is 2.90. The van der Waals surface area contributed by atoms with Crippen LogP contribution < -0.4 is 5.32 Å². The van der Waals surface area contributed by atoms with Gasteiger partial charge < -0.3 is 15.1 Å². The van der Waals surface area contributed by atoms with Crippen molar-refractivity contribution in [2.24, 2.45) is 5.16 Å². The molecule has 0 aromatic heterocycles. The SMILES string of the molecule is CC(=O)/C(=N/OCC(=O)N1CCCCCC1)C(=O)Nc1ccc(C)cc1C. The molecule has 146 valence electrons. The number of anilines is 1. The zero-order valence-electron chi connectivity index (χ0n) is 16.2. The van der Waals surface area contributed by atoms with E-state index in [1.54, 1.807) is 11.0 Å². The zero-order valence-corrected chi connectivity index (χ0v) is 16.2. The fourth-order valence-corrected chi connectivity index (χ4v) is 2.96. The van der Waals surface area contributed by atoms with E-state index in [1.807, 2.05) is 26.0 Å². The van der Waals surface area contributed by atoms with E-state index in [0.717, 1.165) is 36.8 Å². The summed E-state index contributed by atoms with van der Waals surface area (Å²) in [6.07, 6.45) is 4.20. The first-order valence-corrected chi connectivity index (χ1v) is 9.25. The second kappa shape index (κ2) is 9.85. The van der Waals surface area contributed by atoms with Crippen molar-refractivity contribution < 1.29 is 19.2 Å². The molecule has 0 aliphatic carbocycles. The minimum Gasteiger partial charge on any atom is -0.385 e. The number of hydrogen-bond donors (Lipinski definition) is 1. The van der Waals surface area contributed by atoms with Gasteiger partial charge in [-0.3, -0.25) is 14.4 Å². The summed E-state index contributed by atoms with van der Waals surface area (Å²) in [5.74, 6) is -1.37. The number of carbonyl (C=O) groups excluding carboxylic acids is 3. The van der Waals surface area contributed by atoms with Gasteiger partial charge in [0, 0.05) is 25.7 Å². The lowest BCUT2D eigenvalue weighted by Gasteiger charge is -2.19. The van der Waals surface area contributed by atoms with Crippen LogP contribution in [0.2, 0.25) is 0 Å². The summed E-state index contributed by atoms with van der Waals surface area (Å²) in [4.78, 5) is 43.1. The summed E-state index contributed by atoms with van der Waals surface area (Å²) < 4.78 is 0. The minimum absolute atomic E-state index is 0.182. The van der Waals surface area contributed by atoms with Crippen LogP contribution in [0.25, 0.3) is 0 Å². The molecule has 0 bridgehead atoms. The third-order valence-corrected chi connectivity index (χ3v) is 4.48. The lowest BCUT2D eigenvalue weighted by atomic mass is 10.1. The maximum Gasteiger partial charge on any atom is 0.281 e. The van der Waals surface area contributed by atoms with Gasteiger partial charge in [-0.2, -0.15) is 0 Å². The zero-order chi connectivity index (χ0) is 19.8. The number of hydrogen-bond acceptors (Lipinski definition) is 5. The molecule has 1 N–H and O–H groups in total. The quantitative estimate of drug-likeness (QED) is 0.472. The number of amides is 2. The summed E-state index contributed by atoms with van der Waals surface area (Å²) in [6.45, 7) is 6.19. The van der Waals surface area contributed by atoms with E-state index in [9.17, 15) is 14.4 Å². The Balaban J connectivity index is 1.97. The van der Waals surface area contributed by atoms with Gasteiger partial charge in [0.05, 0.1) is 0 Å². The molecule has 7 nitrogen and oxygen atoms in total. The van der Waals surface area contributed by atoms with Gasteiger partial charge in [0.15, 0.2) is 12.4 Å². The first kappa shape index (κ1) is 20.6. The number of Topliss-reactive ketones (excluding diaryl/α,β-unsaturated/α-hetero) is 1. The molecule has 1 saturated heterocycles. The van der Waals surface area contributed by atoms with Gasteiger partial charge in [-0.05, 0) is 38.3 Å². The highest BCUT2D eigenvalue weighted by Crippen LogP contribution is 2.16. The van der Waals surface area contributed by atoms with Crippen molar-refractivity contribution in [3.63, 3.8) is 0 Å². The maximum absolute atomic E-state index is 12.4. The molecule has 1 aliphatic heterocycles. The number of carbonyl (C=O) groups is 3. The lowest BCUT2D eigenvalue weighted by Crippen LogP contribution is -2.35. The van der Waals surface area contributed by atoms with Crippen molar-refractivity contribution in [1.82, 2.24) is 4.90 Å². The molecule has 27 heavy (non-hydrogen) atoms. The highest BCUT2D eigenvalue weighted by Gasteiger charge is 2.20. The van der Waals surface area contributed by atoms with Crippen molar-refractivity contribution in [3.05, 3.63) is 29.3 Å². The van der Waals surface area contributed by atoms with Crippen molar-refractivity contribution in [2.75, 3.05) is 25.0 Å². The molecule has 2 rings (SSSR count). The molecule has 0 unspecified atom stereocenters. The lowest BCUT2D eigenvalue weighted by molar-refractivity contribution is -0.136. The number of aryl methyl sites for hydroxylation is 2. The van der Waals surface area contributed by atoms with Gasteiger partial charge in [-0.15, -0.1) is 0 Å². The number of benzene rings is 1. The molecule has 1 aliphatic rings. The molecule has 0 atom stereocenters. The van der Waals surface area contributed by atoms with Crippen molar-refractivity contribution >= 4 is 29.0 Å². The summed E-state index contributed by atoms with van der Waals surface area (Å²) in [5, 5.41) is 6.30. The number of nitrogens with one attached hydrogen (secondary N) is 1. The van der Waals surface area contributed by atoms with Crippen LogP contribution in [0.3, 0.4) is 0 Å². The van der Waals surface area contributed by atoms with E-state index in [1.165, 1.54) is 6.92 Å². The van der Waals surface area contributed by atoms with Crippen LogP contribution in [-0.4, -0.2) is 47.9 Å². The number of nitrogens with zero attached hydrogens (tertiary/aromatic N) is 2. The van der Waals surface area contributed by atoms with Gasteiger partial charge in [0.25, 0.3) is 11.8 Å². The Bertz CT molecular complexity index is 735. The Hall–Kier alpha value is -2.70. The number of oxime groups is 1. The third kappa shape index (κ3) is 6.20. The number of ketones is 1. The Morgan fingerprint density at radius 3 is 2.37 bits per heavy atom.